The molecule has 0 spiro atoms. The highest BCUT2D eigenvalue weighted by atomic mass is 16.6. The first-order valence-corrected chi connectivity index (χ1v) is 10.7. The van der Waals surface area contributed by atoms with Gasteiger partial charge in [-0.05, 0) is 59.4 Å². The summed E-state index contributed by atoms with van der Waals surface area (Å²) in [6, 6.07) is 10.4. The molecular weight excluding hydrogens is 380 g/mol. The molecule has 0 saturated carbocycles. The highest BCUT2D eigenvalue weighted by Crippen LogP contribution is 2.09. The number of ether oxygens (including phenoxy) is 2. The predicted molar refractivity (Wildman–Crippen MR) is 123 cm³/mol. The molecule has 0 fully saturated rings. The van der Waals surface area contributed by atoms with E-state index in [0.717, 1.165) is 39.0 Å². The molecule has 3 N–H and O–H groups in total. The molecule has 1 aromatic carbocycles. The summed E-state index contributed by atoms with van der Waals surface area (Å²) >= 11 is 0. The van der Waals surface area contributed by atoms with Crippen molar-refractivity contribution in [2.45, 2.75) is 65.0 Å². The van der Waals surface area contributed by atoms with Gasteiger partial charge in [-0.3, -0.25) is 4.99 Å². The number of hydrogen-bond acceptors (Lipinski definition) is 4. The number of hydrogen-bond donors (Lipinski definition) is 3. The Morgan fingerprint density at radius 2 is 1.70 bits per heavy atom. The van der Waals surface area contributed by atoms with Gasteiger partial charge >= 0.3 is 6.09 Å². The number of unbranched alkanes of at least 4 members (excludes halogenated alkanes) is 1. The van der Waals surface area contributed by atoms with E-state index >= 15 is 0 Å². The Labute approximate surface area is 182 Å². The van der Waals surface area contributed by atoms with Crippen molar-refractivity contribution in [1.82, 2.24) is 16.0 Å². The van der Waals surface area contributed by atoms with Crippen LogP contribution in [0.2, 0.25) is 0 Å². The van der Waals surface area contributed by atoms with Gasteiger partial charge in [-0.15, -0.1) is 0 Å². The molecule has 0 radical (unpaired) electrons. The molecule has 0 heterocycles. The Kier molecular flexibility index (Phi) is 11.3. The maximum Gasteiger partial charge on any atom is 0.408 e. The molecule has 170 valence electrons. The maximum atomic E-state index is 12.0. The molecule has 1 amide bonds. The number of guanidine groups is 1. The minimum absolute atomic E-state index is 0.426. The van der Waals surface area contributed by atoms with Crippen LogP contribution in [-0.4, -0.2) is 56.5 Å². The van der Waals surface area contributed by atoms with E-state index in [-0.39, 0.29) is 0 Å². The Bertz CT molecular complexity index is 640. The molecule has 0 aliphatic rings. The Morgan fingerprint density at radius 3 is 2.33 bits per heavy atom. The lowest BCUT2D eigenvalue weighted by Crippen LogP contribution is -2.54. The van der Waals surface area contributed by atoms with Crippen molar-refractivity contribution in [2.75, 3.05) is 33.4 Å². The van der Waals surface area contributed by atoms with Gasteiger partial charge in [0.15, 0.2) is 5.96 Å². The van der Waals surface area contributed by atoms with E-state index < -0.39 is 17.2 Å². The largest absolute Gasteiger partial charge is 0.444 e. The second-order valence-electron chi connectivity index (χ2n) is 8.92. The number of nitrogens with zero attached hydrogens (tertiary/aromatic N) is 1. The molecule has 0 atom stereocenters. The standard InChI is InChI=1S/C23H40N4O3/c1-22(2,3)30-21(28)27-23(4,5)18-26-20(24-6)25-15-10-11-16-29-17-14-19-12-8-7-9-13-19/h7-9,12-13H,10-11,14-18H2,1-6H3,(H,27,28)(H2,24,25,26). The topological polar surface area (TPSA) is 84.0 Å². The number of rotatable bonds is 11. The first-order chi connectivity index (χ1) is 14.1. The average Bonchev–Trinajstić information content (AvgIpc) is 2.65. The molecule has 0 aliphatic carbocycles. The molecule has 0 aromatic heterocycles. The third-order valence-corrected chi connectivity index (χ3v) is 4.15. The van der Waals surface area contributed by atoms with E-state index in [1.807, 2.05) is 40.7 Å². The Morgan fingerprint density at radius 1 is 1.00 bits per heavy atom. The van der Waals surface area contributed by atoms with Gasteiger partial charge in [0.05, 0.1) is 12.1 Å². The fourth-order valence-corrected chi connectivity index (χ4v) is 2.62. The van der Waals surface area contributed by atoms with E-state index in [0.29, 0.717) is 12.5 Å². The molecule has 0 bridgehead atoms. The van der Waals surface area contributed by atoms with Crippen molar-refractivity contribution in [3.63, 3.8) is 0 Å². The van der Waals surface area contributed by atoms with Gasteiger partial charge in [-0.1, -0.05) is 30.3 Å². The number of amides is 1. The van der Waals surface area contributed by atoms with Crippen LogP contribution >= 0.6 is 0 Å². The third kappa shape index (κ3) is 13.0. The van der Waals surface area contributed by atoms with Crippen LogP contribution in [0.15, 0.2) is 35.3 Å². The molecule has 0 aliphatic heterocycles. The van der Waals surface area contributed by atoms with Crippen LogP contribution in [0.5, 0.6) is 0 Å². The van der Waals surface area contributed by atoms with Crippen molar-refractivity contribution in [2.24, 2.45) is 4.99 Å². The number of carbonyl (C=O) groups excluding carboxylic acids is 1. The smallest absolute Gasteiger partial charge is 0.408 e. The van der Waals surface area contributed by atoms with Crippen LogP contribution in [0.3, 0.4) is 0 Å². The highest BCUT2D eigenvalue weighted by Gasteiger charge is 2.24. The third-order valence-electron chi connectivity index (χ3n) is 4.15. The number of benzene rings is 1. The quantitative estimate of drug-likeness (QED) is 0.290. The van der Waals surface area contributed by atoms with Crippen molar-refractivity contribution < 1.29 is 14.3 Å². The summed E-state index contributed by atoms with van der Waals surface area (Å²) in [6.45, 7) is 12.2. The van der Waals surface area contributed by atoms with Gasteiger partial charge in [0.25, 0.3) is 0 Å². The summed E-state index contributed by atoms with van der Waals surface area (Å²) in [7, 11) is 1.73. The van der Waals surface area contributed by atoms with E-state index in [9.17, 15) is 4.79 Å². The van der Waals surface area contributed by atoms with Gasteiger partial charge in [0.1, 0.15) is 5.60 Å². The van der Waals surface area contributed by atoms with Crippen molar-refractivity contribution >= 4 is 12.1 Å². The van der Waals surface area contributed by atoms with Crippen LogP contribution in [-0.2, 0) is 15.9 Å². The first-order valence-electron chi connectivity index (χ1n) is 10.7. The normalized spacial score (nSPS) is 12.4. The molecule has 1 rings (SSSR count). The van der Waals surface area contributed by atoms with Crippen molar-refractivity contribution in [3.8, 4) is 0 Å². The summed E-state index contributed by atoms with van der Waals surface area (Å²) in [5.41, 5.74) is 0.307. The highest BCUT2D eigenvalue weighted by molar-refractivity contribution is 5.79. The van der Waals surface area contributed by atoms with E-state index in [4.69, 9.17) is 9.47 Å². The summed E-state index contributed by atoms with van der Waals surface area (Å²) in [5, 5.41) is 9.41. The Balaban J connectivity index is 2.13. The SMILES string of the molecule is CN=C(NCCCCOCCc1ccccc1)NCC(C)(C)NC(=O)OC(C)(C)C. The molecular formula is C23H40N4O3. The second-order valence-corrected chi connectivity index (χ2v) is 8.92. The zero-order chi connectivity index (χ0) is 22.5. The molecule has 0 unspecified atom stereocenters. The van der Waals surface area contributed by atoms with E-state index in [2.05, 4.69) is 45.2 Å². The van der Waals surface area contributed by atoms with Gasteiger partial charge < -0.3 is 25.4 Å². The monoisotopic (exact) mass is 420 g/mol. The zero-order valence-corrected chi connectivity index (χ0v) is 19.5. The number of carbonyl (C=O) groups is 1. The minimum atomic E-state index is -0.517. The van der Waals surface area contributed by atoms with E-state index in [1.165, 1.54) is 5.56 Å². The molecule has 0 saturated heterocycles. The summed E-state index contributed by atoms with van der Waals surface area (Å²) in [4.78, 5) is 16.2. The number of alkyl carbamates (subject to hydrolysis) is 1. The van der Waals surface area contributed by atoms with Crippen LogP contribution in [0, 0.1) is 0 Å². The van der Waals surface area contributed by atoms with Gasteiger partial charge in [-0.25, -0.2) is 4.79 Å². The van der Waals surface area contributed by atoms with Crippen LogP contribution in [0.1, 0.15) is 53.0 Å². The summed E-state index contributed by atoms with van der Waals surface area (Å²) < 4.78 is 11.0. The summed E-state index contributed by atoms with van der Waals surface area (Å²) in [6.07, 6.45) is 2.50. The molecule has 7 nitrogen and oxygen atoms in total. The van der Waals surface area contributed by atoms with Crippen LogP contribution in [0.25, 0.3) is 0 Å². The molecule has 30 heavy (non-hydrogen) atoms. The number of aliphatic imine (C=N–C) groups is 1. The van der Waals surface area contributed by atoms with Crippen molar-refractivity contribution in [3.05, 3.63) is 35.9 Å². The predicted octanol–water partition coefficient (Wildman–Crippen LogP) is 3.49. The molecule has 7 heteroatoms. The minimum Gasteiger partial charge on any atom is -0.444 e. The van der Waals surface area contributed by atoms with Gasteiger partial charge in [0.2, 0.25) is 0 Å². The summed E-state index contributed by atoms with van der Waals surface area (Å²) in [5.74, 6) is 0.707. The van der Waals surface area contributed by atoms with Gasteiger partial charge in [0, 0.05) is 26.7 Å². The number of nitrogens with one attached hydrogen (secondary N) is 3. The van der Waals surface area contributed by atoms with Crippen LogP contribution in [0.4, 0.5) is 4.79 Å². The maximum absolute atomic E-state index is 12.0. The van der Waals surface area contributed by atoms with E-state index in [1.54, 1.807) is 7.05 Å². The fourth-order valence-electron chi connectivity index (χ4n) is 2.62. The Hall–Kier alpha value is -2.28. The zero-order valence-electron chi connectivity index (χ0n) is 19.5. The molecule has 1 aromatic rings. The first kappa shape index (κ1) is 25.8. The lowest BCUT2D eigenvalue weighted by Gasteiger charge is -2.29. The van der Waals surface area contributed by atoms with Crippen molar-refractivity contribution in [1.29, 1.82) is 0 Å². The lowest BCUT2D eigenvalue weighted by atomic mass is 10.1. The van der Waals surface area contributed by atoms with Gasteiger partial charge in [-0.2, -0.15) is 0 Å². The lowest BCUT2D eigenvalue weighted by molar-refractivity contribution is 0.0474. The van der Waals surface area contributed by atoms with Crippen LogP contribution < -0.4 is 16.0 Å². The fraction of sp³-hybridized carbons (Fsp3) is 0.652. The second kappa shape index (κ2) is 13.1. The average molecular weight is 421 g/mol.